The molecule has 34 heavy (non-hydrogen) atoms. The fourth-order valence-electron chi connectivity index (χ4n) is 4.64. The van der Waals surface area contributed by atoms with E-state index in [0.717, 1.165) is 33.7 Å². The summed E-state index contributed by atoms with van der Waals surface area (Å²) in [4.78, 5) is 18.4. The average molecular weight is 454 g/mol. The molecule has 2 aliphatic heterocycles. The molecule has 0 radical (unpaired) electrons. The van der Waals surface area contributed by atoms with Crippen LogP contribution in [0.1, 0.15) is 23.3 Å². The molecule has 3 heterocycles. The van der Waals surface area contributed by atoms with Gasteiger partial charge in [0.2, 0.25) is 5.95 Å². The van der Waals surface area contributed by atoms with Crippen molar-refractivity contribution in [1.29, 1.82) is 0 Å². The van der Waals surface area contributed by atoms with Gasteiger partial charge < -0.3 is 25.4 Å². The summed E-state index contributed by atoms with van der Waals surface area (Å²) in [6.07, 6.45) is -0.392. The number of hydrogen-bond donors (Lipinski definition) is 3. The third kappa shape index (κ3) is 3.14. The molecule has 0 spiro atoms. The molecule has 1 amide bonds. The molecule has 2 aliphatic rings. The van der Waals surface area contributed by atoms with Crippen molar-refractivity contribution in [2.45, 2.75) is 12.2 Å². The Balaban J connectivity index is 1.48. The summed E-state index contributed by atoms with van der Waals surface area (Å²) >= 11 is 0. The molecule has 3 aromatic carbocycles. The van der Waals surface area contributed by atoms with E-state index in [4.69, 9.17) is 14.5 Å². The summed E-state index contributed by atoms with van der Waals surface area (Å²) in [5, 5.41) is 9.95. The minimum absolute atomic E-state index is 0.147. The molecular formula is C26H23N5O3. The highest BCUT2D eigenvalue weighted by Gasteiger charge is 2.39. The summed E-state index contributed by atoms with van der Waals surface area (Å²) in [5.74, 6) is 2.69. The number of imidazole rings is 1. The lowest BCUT2D eigenvalue weighted by Gasteiger charge is -2.37. The number of para-hydroxylation sites is 2. The van der Waals surface area contributed by atoms with E-state index in [1.807, 2.05) is 72.8 Å². The Bertz CT molecular complexity index is 1420. The summed E-state index contributed by atoms with van der Waals surface area (Å²) in [7, 11) is 3.27. The van der Waals surface area contributed by atoms with Crippen LogP contribution < -0.4 is 25.4 Å². The Morgan fingerprint density at radius 3 is 2.15 bits per heavy atom. The maximum Gasteiger partial charge on any atom is 0.255 e. The molecule has 1 aromatic heterocycles. The number of carbonyl (C=O) groups is 1. The Kier molecular flexibility index (Phi) is 4.65. The molecule has 0 bridgehead atoms. The van der Waals surface area contributed by atoms with Gasteiger partial charge in [0.05, 0.1) is 36.9 Å². The normalized spacial score (nSPS) is 18.9. The van der Waals surface area contributed by atoms with Crippen LogP contribution in [0.2, 0.25) is 0 Å². The number of anilines is 1. The van der Waals surface area contributed by atoms with Crippen molar-refractivity contribution in [1.82, 2.24) is 20.2 Å². The van der Waals surface area contributed by atoms with Crippen LogP contribution in [0.4, 0.5) is 5.95 Å². The number of hydrogen-bond acceptors (Lipinski definition) is 6. The van der Waals surface area contributed by atoms with Crippen LogP contribution in [0.5, 0.6) is 11.5 Å². The first-order valence-corrected chi connectivity index (χ1v) is 11.0. The Morgan fingerprint density at radius 1 is 0.824 bits per heavy atom. The molecule has 2 unspecified atom stereocenters. The SMILES string of the molecule is COc1ccc(C2NC(=O)C3=C(Nc4nc5ccccc5n4C3c3ccc(OC)cc3)N2)cc1. The summed E-state index contributed by atoms with van der Waals surface area (Å²) in [6.45, 7) is 0. The van der Waals surface area contributed by atoms with E-state index < -0.39 is 6.17 Å². The van der Waals surface area contributed by atoms with Crippen LogP contribution in [0, 0.1) is 0 Å². The average Bonchev–Trinajstić information content (AvgIpc) is 3.25. The van der Waals surface area contributed by atoms with Crippen LogP contribution in [-0.2, 0) is 4.79 Å². The fourth-order valence-corrected chi connectivity index (χ4v) is 4.64. The number of methoxy groups -OCH3 is 2. The van der Waals surface area contributed by atoms with Gasteiger partial charge in [-0.05, 0) is 47.5 Å². The zero-order valence-corrected chi connectivity index (χ0v) is 18.7. The predicted octanol–water partition coefficient (Wildman–Crippen LogP) is 3.70. The van der Waals surface area contributed by atoms with Crippen LogP contribution in [0.3, 0.4) is 0 Å². The summed E-state index contributed by atoms with van der Waals surface area (Å²) in [6, 6.07) is 23.0. The van der Waals surface area contributed by atoms with E-state index in [-0.39, 0.29) is 11.9 Å². The maximum absolute atomic E-state index is 13.6. The highest BCUT2D eigenvalue weighted by Crippen LogP contribution is 2.40. The fraction of sp³-hybridized carbons (Fsp3) is 0.154. The van der Waals surface area contributed by atoms with Crippen LogP contribution >= 0.6 is 0 Å². The Morgan fingerprint density at radius 2 is 1.47 bits per heavy atom. The number of nitrogens with zero attached hydrogens (tertiary/aromatic N) is 2. The monoisotopic (exact) mass is 453 g/mol. The Labute approximate surface area is 196 Å². The molecule has 0 fully saturated rings. The Hall–Kier alpha value is -4.46. The summed E-state index contributed by atoms with van der Waals surface area (Å²) in [5.41, 5.74) is 4.28. The smallest absolute Gasteiger partial charge is 0.255 e. The topological polar surface area (TPSA) is 89.4 Å². The molecule has 4 aromatic rings. The molecule has 6 rings (SSSR count). The van der Waals surface area contributed by atoms with Crippen molar-refractivity contribution in [3.8, 4) is 11.5 Å². The second kappa shape index (κ2) is 7.84. The predicted molar refractivity (Wildman–Crippen MR) is 129 cm³/mol. The number of nitrogens with one attached hydrogen (secondary N) is 3. The second-order valence-electron chi connectivity index (χ2n) is 8.21. The number of benzene rings is 3. The van der Waals surface area contributed by atoms with Crippen molar-refractivity contribution in [2.75, 3.05) is 19.5 Å². The van der Waals surface area contributed by atoms with Gasteiger partial charge in [0.15, 0.2) is 0 Å². The number of carbonyl (C=O) groups excluding carboxylic acids is 1. The minimum Gasteiger partial charge on any atom is -0.497 e. The maximum atomic E-state index is 13.6. The van der Waals surface area contributed by atoms with Gasteiger partial charge in [-0.1, -0.05) is 36.4 Å². The van der Waals surface area contributed by atoms with Gasteiger partial charge in [-0.25, -0.2) is 4.98 Å². The minimum atomic E-state index is -0.392. The highest BCUT2D eigenvalue weighted by molar-refractivity contribution is 5.99. The number of ether oxygens (including phenoxy) is 2. The standard InChI is InChI=1S/C26H23N5O3/c1-33-17-11-7-15(8-12-17)22-21-24(30-26-27-19-5-3-4-6-20(19)31(22)26)28-23(29-25(21)32)16-9-13-18(34-2)14-10-16/h3-14,22-23,28H,1-2H3,(H,27,30)(H,29,32). The van der Waals surface area contributed by atoms with E-state index >= 15 is 0 Å². The van der Waals surface area contributed by atoms with Crippen LogP contribution in [-0.4, -0.2) is 29.7 Å². The first-order chi connectivity index (χ1) is 16.7. The van der Waals surface area contributed by atoms with Gasteiger partial charge in [0.25, 0.3) is 5.91 Å². The van der Waals surface area contributed by atoms with E-state index in [1.54, 1.807) is 14.2 Å². The van der Waals surface area contributed by atoms with Crippen molar-refractivity contribution < 1.29 is 14.3 Å². The lowest BCUT2D eigenvalue weighted by Crippen LogP contribution is -2.49. The van der Waals surface area contributed by atoms with Crippen molar-refractivity contribution in [2.24, 2.45) is 0 Å². The third-order valence-electron chi connectivity index (χ3n) is 6.32. The largest absolute Gasteiger partial charge is 0.497 e. The van der Waals surface area contributed by atoms with Crippen molar-refractivity contribution in [3.63, 3.8) is 0 Å². The van der Waals surface area contributed by atoms with Gasteiger partial charge in [-0.2, -0.15) is 0 Å². The molecule has 2 atom stereocenters. The molecule has 170 valence electrons. The lowest BCUT2D eigenvalue weighted by atomic mass is 9.94. The van der Waals surface area contributed by atoms with Crippen LogP contribution in [0.25, 0.3) is 11.0 Å². The third-order valence-corrected chi connectivity index (χ3v) is 6.32. The van der Waals surface area contributed by atoms with Gasteiger partial charge in [-0.3, -0.25) is 9.36 Å². The van der Waals surface area contributed by atoms with E-state index in [1.165, 1.54) is 0 Å². The molecule has 8 nitrogen and oxygen atoms in total. The molecule has 0 aliphatic carbocycles. The zero-order valence-electron chi connectivity index (χ0n) is 18.7. The lowest BCUT2D eigenvalue weighted by molar-refractivity contribution is -0.119. The molecule has 0 saturated carbocycles. The number of rotatable bonds is 4. The van der Waals surface area contributed by atoms with E-state index in [0.29, 0.717) is 17.3 Å². The van der Waals surface area contributed by atoms with Crippen molar-refractivity contribution in [3.05, 3.63) is 95.3 Å². The van der Waals surface area contributed by atoms with E-state index in [9.17, 15) is 4.79 Å². The molecular weight excluding hydrogens is 430 g/mol. The van der Waals surface area contributed by atoms with E-state index in [2.05, 4.69) is 20.5 Å². The number of aromatic nitrogens is 2. The second-order valence-corrected chi connectivity index (χ2v) is 8.21. The van der Waals surface area contributed by atoms with Crippen molar-refractivity contribution >= 4 is 22.9 Å². The first-order valence-electron chi connectivity index (χ1n) is 11.0. The van der Waals surface area contributed by atoms with Gasteiger partial charge >= 0.3 is 0 Å². The molecule has 3 N–H and O–H groups in total. The number of fused-ring (bicyclic) bond motifs is 3. The van der Waals surface area contributed by atoms with Gasteiger partial charge in [0.1, 0.15) is 23.5 Å². The zero-order chi connectivity index (χ0) is 23.2. The highest BCUT2D eigenvalue weighted by atomic mass is 16.5. The molecule has 8 heteroatoms. The van der Waals surface area contributed by atoms with Crippen LogP contribution in [0.15, 0.2) is 84.2 Å². The quantitative estimate of drug-likeness (QED) is 0.437. The number of amides is 1. The van der Waals surface area contributed by atoms with Gasteiger partial charge in [0, 0.05) is 0 Å². The van der Waals surface area contributed by atoms with Gasteiger partial charge in [-0.15, -0.1) is 0 Å². The summed E-state index contributed by atoms with van der Waals surface area (Å²) < 4.78 is 12.7. The first kappa shape index (κ1) is 20.2. The molecule has 0 saturated heterocycles.